The van der Waals surface area contributed by atoms with Gasteiger partial charge in [0.15, 0.2) is 7.14 Å². The van der Waals surface area contributed by atoms with Gasteiger partial charge in [0.2, 0.25) is 0 Å². The van der Waals surface area contributed by atoms with Crippen LogP contribution in [0.3, 0.4) is 0 Å². The first-order valence-electron chi connectivity index (χ1n) is 14.0. The van der Waals surface area contributed by atoms with Crippen LogP contribution in [0, 0.1) is 11.6 Å². The average Bonchev–Trinajstić information content (AvgIpc) is 3.05. The van der Waals surface area contributed by atoms with E-state index in [2.05, 4.69) is 36.4 Å². The molecule has 1 heterocycles. The van der Waals surface area contributed by atoms with Crippen LogP contribution < -0.4 is 20.7 Å². The number of fused-ring (bicyclic) bond motifs is 4. The minimum atomic E-state index is -3.77. The molecular weight excluding hydrogens is 557 g/mol. The molecule has 206 valence electrons. The normalized spacial score (nSPS) is 13.3. The van der Waals surface area contributed by atoms with Crippen molar-refractivity contribution in [1.29, 1.82) is 0 Å². The molecule has 0 atom stereocenters. The van der Waals surface area contributed by atoms with E-state index in [9.17, 15) is 8.78 Å². The molecule has 8 rings (SSSR count). The quantitative estimate of drug-likeness (QED) is 0.154. The summed E-state index contributed by atoms with van der Waals surface area (Å²) in [5.74, 6) is -0.470. The third-order valence-electron chi connectivity index (χ3n) is 8.24. The van der Waals surface area contributed by atoms with Gasteiger partial charge >= 0.3 is 0 Å². The molecule has 0 spiro atoms. The second-order valence-electron chi connectivity index (χ2n) is 10.7. The number of benzene rings is 7. The van der Waals surface area contributed by atoms with E-state index in [4.69, 9.17) is 4.74 Å². The maximum Gasteiger partial charge on any atom is 0.178 e. The van der Waals surface area contributed by atoms with Crippen molar-refractivity contribution in [1.82, 2.24) is 0 Å². The number of hydrogen-bond donors (Lipinski definition) is 0. The van der Waals surface area contributed by atoms with E-state index < -0.39 is 18.8 Å². The summed E-state index contributed by atoms with van der Waals surface area (Å²) in [6.45, 7) is 0. The fraction of sp³-hybridized carbons (Fsp3) is 0. The molecule has 0 fully saturated rings. The highest BCUT2D eigenvalue weighted by Gasteiger charge is 2.40. The van der Waals surface area contributed by atoms with Crippen molar-refractivity contribution in [2.45, 2.75) is 0 Å². The molecule has 1 aliphatic heterocycles. The van der Waals surface area contributed by atoms with Crippen LogP contribution in [0.4, 0.5) is 8.78 Å². The van der Waals surface area contributed by atoms with Crippen LogP contribution in [-0.4, -0.2) is 0 Å². The molecule has 5 heteroatoms. The van der Waals surface area contributed by atoms with Crippen LogP contribution >= 0.6 is 7.14 Å². The van der Waals surface area contributed by atoms with E-state index in [0.717, 1.165) is 43.8 Å². The number of hydrogen-bond acceptors (Lipinski definition) is 2. The summed E-state index contributed by atoms with van der Waals surface area (Å²) in [5.41, 5.74) is 4.16. The van der Waals surface area contributed by atoms with Gasteiger partial charge in [-0.05, 0) is 86.3 Å². The predicted octanol–water partition coefficient (Wildman–Crippen LogP) is 9.35. The number of halogens is 2. The van der Waals surface area contributed by atoms with Gasteiger partial charge < -0.3 is 9.30 Å². The van der Waals surface area contributed by atoms with Crippen LogP contribution in [0.2, 0.25) is 0 Å². The molecular formula is C38H23F2O2P. The summed E-state index contributed by atoms with van der Waals surface area (Å²) < 4.78 is 50.9. The highest BCUT2D eigenvalue weighted by atomic mass is 31.2. The van der Waals surface area contributed by atoms with Crippen LogP contribution in [-0.2, 0) is 4.57 Å². The molecule has 43 heavy (non-hydrogen) atoms. The Morgan fingerprint density at radius 2 is 0.930 bits per heavy atom. The molecule has 0 N–H and O–H groups in total. The molecule has 7 aromatic rings. The number of ether oxygens (including phenoxy) is 1. The average molecular weight is 581 g/mol. The highest BCUT2D eigenvalue weighted by Crippen LogP contribution is 2.53. The molecule has 0 aliphatic carbocycles. The minimum Gasteiger partial charge on any atom is -0.456 e. The second kappa shape index (κ2) is 9.76. The van der Waals surface area contributed by atoms with Crippen LogP contribution in [0.25, 0.3) is 43.8 Å². The van der Waals surface area contributed by atoms with Crippen molar-refractivity contribution in [2.75, 3.05) is 0 Å². The number of rotatable bonds is 3. The van der Waals surface area contributed by atoms with E-state index >= 15 is 4.57 Å². The van der Waals surface area contributed by atoms with Gasteiger partial charge in [-0.2, -0.15) is 0 Å². The van der Waals surface area contributed by atoms with E-state index in [-0.39, 0.29) is 10.6 Å². The summed E-state index contributed by atoms with van der Waals surface area (Å²) in [6, 6.07) is 42.5. The molecule has 2 nitrogen and oxygen atoms in total. The molecule has 7 aromatic carbocycles. The zero-order valence-electron chi connectivity index (χ0n) is 22.8. The monoisotopic (exact) mass is 580 g/mol. The molecule has 0 saturated carbocycles. The molecule has 0 bridgehead atoms. The fourth-order valence-electron chi connectivity index (χ4n) is 6.37. The third-order valence-corrected chi connectivity index (χ3v) is 11.3. The van der Waals surface area contributed by atoms with Crippen molar-refractivity contribution in [3.8, 4) is 33.8 Å². The van der Waals surface area contributed by atoms with Crippen molar-refractivity contribution in [3.05, 3.63) is 151 Å². The Morgan fingerprint density at radius 3 is 1.47 bits per heavy atom. The lowest BCUT2D eigenvalue weighted by molar-refractivity contribution is 0.481. The van der Waals surface area contributed by atoms with E-state index in [1.54, 1.807) is 0 Å². The second-order valence-corrected chi connectivity index (χ2v) is 13.4. The van der Waals surface area contributed by atoms with Crippen molar-refractivity contribution >= 4 is 44.6 Å². The third kappa shape index (κ3) is 3.95. The smallest absolute Gasteiger partial charge is 0.178 e. The summed E-state index contributed by atoms with van der Waals surface area (Å²) in [5, 5.41) is 4.97. The van der Waals surface area contributed by atoms with Gasteiger partial charge in [-0.1, -0.05) is 97.1 Å². The Bertz CT molecular complexity index is 2210. The Kier molecular flexibility index (Phi) is 5.82. The lowest BCUT2D eigenvalue weighted by atomic mass is 9.86. The highest BCUT2D eigenvalue weighted by molar-refractivity contribution is 7.85. The summed E-state index contributed by atoms with van der Waals surface area (Å²) >= 11 is 0. The zero-order chi connectivity index (χ0) is 29.1. The Hall–Kier alpha value is -5.05. The van der Waals surface area contributed by atoms with Gasteiger partial charge in [-0.15, -0.1) is 0 Å². The molecule has 0 amide bonds. The SMILES string of the molecule is O=P1(c2ccc3c(-c4ccccc4)c4ccccc4c(-c4ccccc4)c3c2)c2cc(F)ccc2Oc2ccc(F)cc21. The summed E-state index contributed by atoms with van der Waals surface area (Å²) in [6.07, 6.45) is 0. The Labute approximate surface area is 247 Å². The predicted molar refractivity (Wildman–Crippen MR) is 172 cm³/mol. The molecule has 0 aromatic heterocycles. The minimum absolute atomic E-state index is 0.218. The van der Waals surface area contributed by atoms with Gasteiger partial charge in [0.25, 0.3) is 0 Å². The molecule has 0 unspecified atom stereocenters. The van der Waals surface area contributed by atoms with Crippen LogP contribution in [0.5, 0.6) is 11.5 Å². The van der Waals surface area contributed by atoms with Crippen molar-refractivity contribution in [2.24, 2.45) is 0 Å². The fourth-order valence-corrected chi connectivity index (χ4v) is 9.25. The maximum atomic E-state index is 15.5. The first-order valence-corrected chi connectivity index (χ1v) is 15.7. The van der Waals surface area contributed by atoms with Crippen LogP contribution in [0.15, 0.2) is 140 Å². The maximum absolute atomic E-state index is 15.5. The van der Waals surface area contributed by atoms with Gasteiger partial charge in [-0.25, -0.2) is 8.78 Å². The van der Waals surface area contributed by atoms with Gasteiger partial charge in [-0.3, -0.25) is 0 Å². The molecule has 1 aliphatic rings. The first-order chi connectivity index (χ1) is 21.0. The zero-order valence-corrected chi connectivity index (χ0v) is 23.7. The van der Waals surface area contributed by atoms with E-state index in [0.29, 0.717) is 16.8 Å². The molecule has 0 saturated heterocycles. The lowest BCUT2D eigenvalue weighted by Crippen LogP contribution is -2.31. The van der Waals surface area contributed by atoms with Gasteiger partial charge in [0.05, 0.1) is 10.6 Å². The lowest BCUT2D eigenvalue weighted by Gasteiger charge is -2.29. The van der Waals surface area contributed by atoms with Crippen LogP contribution in [0.1, 0.15) is 0 Å². The topological polar surface area (TPSA) is 26.3 Å². The van der Waals surface area contributed by atoms with Gasteiger partial charge in [0.1, 0.15) is 23.1 Å². The Morgan fingerprint density at radius 1 is 0.465 bits per heavy atom. The Balaban J connectivity index is 1.53. The summed E-state index contributed by atoms with van der Waals surface area (Å²) in [4.78, 5) is 0. The standard InChI is InChI=1S/C38H23F2O2P/c39-26-15-19-33-35(21-26)43(41,36-22-27(40)16-20-34(36)42-33)28-17-18-31-32(23-28)38(25-11-5-2-6-12-25)30-14-8-7-13-29(30)37(31)24-9-3-1-4-10-24/h1-23H. The largest absolute Gasteiger partial charge is 0.456 e. The van der Waals surface area contributed by atoms with Crippen molar-refractivity contribution < 1.29 is 18.1 Å². The van der Waals surface area contributed by atoms with E-state index in [1.807, 2.05) is 66.7 Å². The van der Waals surface area contributed by atoms with E-state index in [1.165, 1.54) is 36.4 Å². The first kappa shape index (κ1) is 25.6. The molecule has 0 radical (unpaired) electrons. The summed E-state index contributed by atoms with van der Waals surface area (Å²) in [7, 11) is -3.77. The van der Waals surface area contributed by atoms with Gasteiger partial charge in [0, 0.05) is 5.30 Å². The van der Waals surface area contributed by atoms with Crippen molar-refractivity contribution in [3.63, 3.8) is 0 Å².